The fourth-order valence-electron chi connectivity index (χ4n) is 1.91. The number of hydrogen-bond donors (Lipinski definition) is 2. The summed E-state index contributed by atoms with van der Waals surface area (Å²) in [6.07, 6.45) is -5.14. The van der Waals surface area contributed by atoms with Crippen LogP contribution in [0.3, 0.4) is 0 Å². The third-order valence-electron chi connectivity index (χ3n) is 2.77. The summed E-state index contributed by atoms with van der Waals surface area (Å²) in [5.41, 5.74) is -0.242. The number of benzene rings is 2. The largest absolute Gasteiger partial charge is 0.573 e. The van der Waals surface area contributed by atoms with Gasteiger partial charge in [0.25, 0.3) is 5.91 Å². The maximum atomic E-state index is 12.4. The fourth-order valence-corrected chi connectivity index (χ4v) is 2.77. The van der Waals surface area contributed by atoms with Gasteiger partial charge in [-0.15, -0.1) is 13.2 Å². The SMILES string of the molecule is NS(=O)(=O)c1c(OC(F)(F)F)cccc1C(=O)Nc1ccccc1. The molecule has 0 saturated carbocycles. The Balaban J connectivity index is 2.50. The number of rotatable bonds is 4. The van der Waals surface area contributed by atoms with Crippen LogP contribution in [0.1, 0.15) is 10.4 Å². The van der Waals surface area contributed by atoms with E-state index in [2.05, 4.69) is 10.1 Å². The molecule has 0 saturated heterocycles. The van der Waals surface area contributed by atoms with E-state index in [1.165, 1.54) is 12.1 Å². The number of carbonyl (C=O) groups excluding carboxylic acids is 1. The van der Waals surface area contributed by atoms with Gasteiger partial charge in [-0.2, -0.15) is 0 Å². The molecule has 128 valence electrons. The Morgan fingerprint density at radius 3 is 2.21 bits per heavy atom. The molecule has 2 aromatic carbocycles. The number of anilines is 1. The van der Waals surface area contributed by atoms with Gasteiger partial charge in [0, 0.05) is 5.69 Å². The van der Waals surface area contributed by atoms with Crippen LogP contribution in [0.4, 0.5) is 18.9 Å². The highest BCUT2D eigenvalue weighted by Gasteiger charge is 2.35. The highest BCUT2D eigenvalue weighted by atomic mass is 32.2. The zero-order valence-corrected chi connectivity index (χ0v) is 12.7. The minimum Gasteiger partial charge on any atom is -0.404 e. The molecule has 6 nitrogen and oxygen atoms in total. The Kier molecular flexibility index (Phi) is 4.81. The first kappa shape index (κ1) is 17.8. The quantitative estimate of drug-likeness (QED) is 0.875. The molecule has 3 N–H and O–H groups in total. The van der Waals surface area contributed by atoms with Crippen molar-refractivity contribution in [3.63, 3.8) is 0 Å². The van der Waals surface area contributed by atoms with Crippen LogP contribution in [0, 0.1) is 0 Å². The maximum Gasteiger partial charge on any atom is 0.573 e. The van der Waals surface area contributed by atoms with Crippen molar-refractivity contribution < 1.29 is 31.1 Å². The number of amides is 1. The lowest BCUT2D eigenvalue weighted by molar-refractivity contribution is -0.275. The van der Waals surface area contributed by atoms with Gasteiger partial charge in [0.05, 0.1) is 5.56 Å². The molecule has 10 heteroatoms. The van der Waals surface area contributed by atoms with E-state index in [9.17, 15) is 26.4 Å². The highest BCUT2D eigenvalue weighted by molar-refractivity contribution is 7.89. The van der Waals surface area contributed by atoms with Crippen molar-refractivity contribution in [3.05, 3.63) is 54.1 Å². The molecule has 0 aromatic heterocycles. The predicted molar refractivity (Wildman–Crippen MR) is 78.9 cm³/mol. The summed E-state index contributed by atoms with van der Waals surface area (Å²) in [4.78, 5) is 11.2. The fraction of sp³-hybridized carbons (Fsp3) is 0.0714. The van der Waals surface area contributed by atoms with E-state index in [1.807, 2.05) is 0 Å². The average Bonchev–Trinajstić information content (AvgIpc) is 2.45. The van der Waals surface area contributed by atoms with Gasteiger partial charge < -0.3 is 10.1 Å². The van der Waals surface area contributed by atoms with Gasteiger partial charge in [0.2, 0.25) is 10.0 Å². The lowest BCUT2D eigenvalue weighted by Crippen LogP contribution is -2.24. The molecule has 0 unspecified atom stereocenters. The molecular weight excluding hydrogens is 349 g/mol. The van der Waals surface area contributed by atoms with E-state index in [0.29, 0.717) is 5.69 Å². The zero-order valence-electron chi connectivity index (χ0n) is 11.9. The van der Waals surface area contributed by atoms with Crippen LogP contribution >= 0.6 is 0 Å². The minimum atomic E-state index is -5.14. The summed E-state index contributed by atoms with van der Waals surface area (Å²) >= 11 is 0. The van der Waals surface area contributed by atoms with Crippen LogP contribution in [0.25, 0.3) is 0 Å². The van der Waals surface area contributed by atoms with E-state index in [4.69, 9.17) is 5.14 Å². The molecule has 24 heavy (non-hydrogen) atoms. The lowest BCUT2D eigenvalue weighted by Gasteiger charge is -2.15. The molecule has 2 rings (SSSR count). The Morgan fingerprint density at radius 2 is 1.67 bits per heavy atom. The lowest BCUT2D eigenvalue weighted by atomic mass is 10.2. The first-order chi connectivity index (χ1) is 11.1. The number of primary sulfonamides is 1. The molecular formula is C14H11F3N2O4S. The van der Waals surface area contributed by atoms with Crippen LogP contribution in [0.15, 0.2) is 53.4 Å². The van der Waals surface area contributed by atoms with Crippen molar-refractivity contribution in [3.8, 4) is 5.75 Å². The molecule has 0 spiro atoms. The third kappa shape index (κ3) is 4.46. The summed E-state index contributed by atoms with van der Waals surface area (Å²) in [7, 11) is -4.66. The second kappa shape index (κ2) is 6.49. The number of nitrogens with one attached hydrogen (secondary N) is 1. The average molecular weight is 360 g/mol. The van der Waals surface area contributed by atoms with E-state index in [0.717, 1.165) is 18.2 Å². The Bertz CT molecular complexity index is 852. The van der Waals surface area contributed by atoms with Gasteiger partial charge in [0.15, 0.2) is 0 Å². The summed E-state index contributed by atoms with van der Waals surface area (Å²) in [6.45, 7) is 0. The Morgan fingerprint density at radius 1 is 1.04 bits per heavy atom. The smallest absolute Gasteiger partial charge is 0.404 e. The molecule has 0 atom stereocenters. The second-order valence-electron chi connectivity index (χ2n) is 4.55. The van der Waals surface area contributed by atoms with Crippen LogP contribution in [-0.4, -0.2) is 20.7 Å². The number of carbonyl (C=O) groups is 1. The monoisotopic (exact) mass is 360 g/mol. The summed E-state index contributed by atoms with van der Waals surface area (Å²) < 4.78 is 64.3. The van der Waals surface area contributed by atoms with Gasteiger partial charge >= 0.3 is 6.36 Å². The Hall–Kier alpha value is -2.59. The number of halogens is 3. The second-order valence-corrected chi connectivity index (χ2v) is 6.04. The van der Waals surface area contributed by atoms with Gasteiger partial charge in [-0.05, 0) is 24.3 Å². The maximum absolute atomic E-state index is 12.4. The van der Waals surface area contributed by atoms with Crippen molar-refractivity contribution in [1.29, 1.82) is 0 Å². The summed E-state index contributed by atoms with van der Waals surface area (Å²) in [5, 5.41) is 7.32. The number of para-hydroxylation sites is 1. The van der Waals surface area contributed by atoms with E-state index in [-0.39, 0.29) is 0 Å². The molecule has 0 fully saturated rings. The molecule has 0 aliphatic rings. The first-order valence-corrected chi connectivity index (χ1v) is 7.90. The van der Waals surface area contributed by atoms with Crippen molar-refractivity contribution in [2.24, 2.45) is 5.14 Å². The van der Waals surface area contributed by atoms with E-state index >= 15 is 0 Å². The Labute approximate surface area is 135 Å². The van der Waals surface area contributed by atoms with Crippen molar-refractivity contribution >= 4 is 21.6 Å². The zero-order chi connectivity index (χ0) is 18.0. The van der Waals surface area contributed by atoms with Gasteiger partial charge in [0.1, 0.15) is 10.6 Å². The van der Waals surface area contributed by atoms with Gasteiger partial charge in [-0.25, -0.2) is 13.6 Å². The third-order valence-corrected chi connectivity index (χ3v) is 3.76. The number of sulfonamides is 1. The first-order valence-electron chi connectivity index (χ1n) is 6.36. The summed E-state index contributed by atoms with van der Waals surface area (Å²) in [6, 6.07) is 10.8. The number of nitrogens with two attached hydrogens (primary N) is 1. The molecule has 0 aliphatic heterocycles. The molecule has 0 bridgehead atoms. The van der Waals surface area contributed by atoms with E-state index in [1.54, 1.807) is 18.2 Å². The van der Waals surface area contributed by atoms with E-state index < -0.39 is 38.5 Å². The molecule has 0 radical (unpaired) electrons. The number of hydrogen-bond acceptors (Lipinski definition) is 4. The molecule has 1 amide bonds. The van der Waals surface area contributed by atoms with Crippen molar-refractivity contribution in [2.75, 3.05) is 5.32 Å². The molecule has 0 heterocycles. The molecule has 0 aliphatic carbocycles. The standard InChI is InChI=1S/C14H11F3N2O4S/c15-14(16,17)23-11-8-4-7-10(12(11)24(18,21)22)13(20)19-9-5-2-1-3-6-9/h1-8H,(H,19,20)(H2,18,21,22). The van der Waals surface area contributed by atoms with Crippen LogP contribution in [0.2, 0.25) is 0 Å². The number of alkyl halides is 3. The van der Waals surface area contributed by atoms with Crippen LogP contribution in [-0.2, 0) is 10.0 Å². The normalized spacial score (nSPS) is 11.8. The van der Waals surface area contributed by atoms with Crippen molar-refractivity contribution in [2.45, 2.75) is 11.3 Å². The van der Waals surface area contributed by atoms with Gasteiger partial charge in [-0.1, -0.05) is 24.3 Å². The van der Waals surface area contributed by atoms with Crippen LogP contribution in [0.5, 0.6) is 5.75 Å². The summed E-state index contributed by atoms with van der Waals surface area (Å²) in [5.74, 6) is -2.02. The minimum absolute atomic E-state index is 0.324. The topological polar surface area (TPSA) is 98.5 Å². The van der Waals surface area contributed by atoms with Crippen molar-refractivity contribution in [1.82, 2.24) is 0 Å². The predicted octanol–water partition coefficient (Wildman–Crippen LogP) is 2.48. The van der Waals surface area contributed by atoms with Crippen LogP contribution < -0.4 is 15.2 Å². The van der Waals surface area contributed by atoms with Gasteiger partial charge in [-0.3, -0.25) is 4.79 Å². The molecule has 2 aromatic rings. The highest BCUT2D eigenvalue weighted by Crippen LogP contribution is 2.31. The number of ether oxygens (including phenoxy) is 1.